The van der Waals surface area contributed by atoms with E-state index >= 15 is 0 Å². The van der Waals surface area contributed by atoms with Gasteiger partial charge in [-0.15, -0.1) is 0 Å². The van der Waals surface area contributed by atoms with Gasteiger partial charge >= 0.3 is 0 Å². The molecular formula is C24H22N4O4S. The van der Waals surface area contributed by atoms with Crippen LogP contribution in [0.2, 0.25) is 0 Å². The van der Waals surface area contributed by atoms with Gasteiger partial charge in [0.05, 0.1) is 11.6 Å². The summed E-state index contributed by atoms with van der Waals surface area (Å²) in [6.07, 6.45) is 2.85. The predicted octanol–water partition coefficient (Wildman–Crippen LogP) is 2.68. The molecule has 168 valence electrons. The predicted molar refractivity (Wildman–Crippen MR) is 121 cm³/mol. The van der Waals surface area contributed by atoms with Gasteiger partial charge in [-0.05, 0) is 36.4 Å². The highest BCUT2D eigenvalue weighted by Crippen LogP contribution is 2.20. The van der Waals surface area contributed by atoms with Gasteiger partial charge in [-0.3, -0.25) is 9.78 Å². The van der Waals surface area contributed by atoms with Crippen molar-refractivity contribution < 1.29 is 17.9 Å². The van der Waals surface area contributed by atoms with Crippen LogP contribution in [0, 0.1) is 11.3 Å². The van der Waals surface area contributed by atoms with Crippen molar-refractivity contribution in [3.8, 4) is 11.8 Å². The van der Waals surface area contributed by atoms with Crippen LogP contribution in [0.1, 0.15) is 21.5 Å². The van der Waals surface area contributed by atoms with Gasteiger partial charge in [-0.25, -0.2) is 8.42 Å². The molecule has 0 unspecified atom stereocenters. The van der Waals surface area contributed by atoms with Crippen molar-refractivity contribution in [3.05, 3.63) is 89.7 Å². The number of sulfonamides is 1. The van der Waals surface area contributed by atoms with E-state index in [1.165, 1.54) is 22.8 Å². The second-order valence-electron chi connectivity index (χ2n) is 7.47. The lowest BCUT2D eigenvalue weighted by Crippen LogP contribution is -2.50. The molecule has 0 N–H and O–H groups in total. The Morgan fingerprint density at radius 3 is 2.55 bits per heavy atom. The zero-order valence-corrected chi connectivity index (χ0v) is 18.6. The van der Waals surface area contributed by atoms with E-state index < -0.39 is 10.0 Å². The number of amides is 1. The first kappa shape index (κ1) is 22.5. The molecule has 3 aromatic rings. The van der Waals surface area contributed by atoms with E-state index in [4.69, 9.17) is 4.74 Å². The zero-order valence-electron chi connectivity index (χ0n) is 17.8. The van der Waals surface area contributed by atoms with Gasteiger partial charge in [-0.2, -0.15) is 9.57 Å². The molecule has 1 amide bonds. The van der Waals surface area contributed by atoms with Gasteiger partial charge in [0.2, 0.25) is 10.0 Å². The van der Waals surface area contributed by atoms with Gasteiger partial charge in [-0.1, -0.05) is 24.3 Å². The molecule has 9 heteroatoms. The topological polar surface area (TPSA) is 104 Å². The number of hydrogen-bond acceptors (Lipinski definition) is 6. The van der Waals surface area contributed by atoms with E-state index in [-0.39, 0.29) is 30.5 Å². The molecule has 0 bridgehead atoms. The van der Waals surface area contributed by atoms with Crippen molar-refractivity contribution in [1.82, 2.24) is 14.2 Å². The fraction of sp³-hybridized carbons (Fsp3) is 0.208. The van der Waals surface area contributed by atoms with Crippen molar-refractivity contribution in [3.63, 3.8) is 0 Å². The summed E-state index contributed by atoms with van der Waals surface area (Å²) in [6.45, 7) is 1.22. The standard InChI is InChI=1S/C24H22N4O4S/c25-16-20-5-1-2-6-21(20)18-32-22-8-3-7-19(15-22)24(29)27-11-13-28(14-12-27)33(30,31)23-9-4-10-26-17-23/h1-10,15,17H,11-14,18H2. The van der Waals surface area contributed by atoms with Crippen molar-refractivity contribution in [2.24, 2.45) is 0 Å². The first-order valence-electron chi connectivity index (χ1n) is 10.4. The number of benzene rings is 2. The Balaban J connectivity index is 1.39. The van der Waals surface area contributed by atoms with E-state index in [0.29, 0.717) is 30.0 Å². The van der Waals surface area contributed by atoms with Crippen LogP contribution < -0.4 is 4.74 Å². The largest absolute Gasteiger partial charge is 0.489 e. The molecule has 1 aliphatic rings. The molecule has 2 aromatic carbocycles. The molecule has 4 rings (SSSR count). The SMILES string of the molecule is N#Cc1ccccc1COc1cccc(C(=O)N2CCN(S(=O)(=O)c3cccnc3)CC2)c1. The van der Waals surface area contributed by atoms with Gasteiger partial charge in [0.25, 0.3) is 5.91 Å². The van der Waals surface area contributed by atoms with Gasteiger partial charge in [0.1, 0.15) is 17.3 Å². The molecule has 0 atom stereocenters. The minimum atomic E-state index is -3.63. The average Bonchev–Trinajstić information content (AvgIpc) is 2.88. The number of hydrogen-bond donors (Lipinski definition) is 0. The molecule has 0 aliphatic carbocycles. The van der Waals surface area contributed by atoms with Crippen LogP contribution in [0.4, 0.5) is 0 Å². The van der Waals surface area contributed by atoms with E-state index in [9.17, 15) is 18.5 Å². The molecule has 0 spiro atoms. The number of rotatable bonds is 6. The number of pyridine rings is 1. The third kappa shape index (κ3) is 5.03. The summed E-state index contributed by atoms with van der Waals surface area (Å²) in [5.41, 5.74) is 1.77. The van der Waals surface area contributed by atoms with Crippen LogP contribution in [-0.2, 0) is 16.6 Å². The number of carbonyl (C=O) groups excluding carboxylic acids is 1. The lowest BCUT2D eigenvalue weighted by molar-refractivity contribution is 0.0697. The fourth-order valence-electron chi connectivity index (χ4n) is 3.60. The maximum absolute atomic E-state index is 13.0. The molecule has 1 aromatic heterocycles. The number of ether oxygens (including phenoxy) is 1. The van der Waals surface area contributed by atoms with E-state index in [1.807, 2.05) is 12.1 Å². The molecule has 1 saturated heterocycles. The van der Waals surface area contributed by atoms with Crippen LogP contribution >= 0.6 is 0 Å². The normalized spacial score (nSPS) is 14.5. The highest BCUT2D eigenvalue weighted by atomic mass is 32.2. The van der Waals surface area contributed by atoms with E-state index in [2.05, 4.69) is 11.1 Å². The number of aromatic nitrogens is 1. The Labute approximate surface area is 192 Å². The molecule has 1 fully saturated rings. The molecule has 2 heterocycles. The van der Waals surface area contributed by atoms with Crippen molar-refractivity contribution in [1.29, 1.82) is 5.26 Å². The lowest BCUT2D eigenvalue weighted by Gasteiger charge is -2.34. The minimum absolute atomic E-state index is 0.146. The van der Waals surface area contributed by atoms with Crippen LogP contribution in [0.15, 0.2) is 78.0 Å². The van der Waals surface area contributed by atoms with Crippen LogP contribution in [0.25, 0.3) is 0 Å². The monoisotopic (exact) mass is 462 g/mol. The Bertz CT molecular complexity index is 1280. The number of nitriles is 1. The summed E-state index contributed by atoms with van der Waals surface area (Å²) in [6, 6.07) is 19.3. The first-order chi connectivity index (χ1) is 16.0. The zero-order chi connectivity index (χ0) is 23.3. The van der Waals surface area contributed by atoms with Crippen LogP contribution in [0.3, 0.4) is 0 Å². The molecule has 0 radical (unpaired) electrons. The molecule has 8 nitrogen and oxygen atoms in total. The average molecular weight is 463 g/mol. The summed E-state index contributed by atoms with van der Waals surface area (Å²) in [5, 5.41) is 9.21. The van der Waals surface area contributed by atoms with Crippen molar-refractivity contribution in [2.75, 3.05) is 26.2 Å². The third-order valence-corrected chi connectivity index (χ3v) is 7.29. The fourth-order valence-corrected chi connectivity index (χ4v) is 4.98. The summed E-state index contributed by atoms with van der Waals surface area (Å²) in [5.74, 6) is 0.336. The summed E-state index contributed by atoms with van der Waals surface area (Å²) >= 11 is 0. The van der Waals surface area contributed by atoms with Crippen LogP contribution in [-0.4, -0.2) is 54.7 Å². The summed E-state index contributed by atoms with van der Waals surface area (Å²) in [7, 11) is -3.63. The van der Waals surface area contributed by atoms with E-state index in [1.54, 1.807) is 47.4 Å². The Kier molecular flexibility index (Phi) is 6.68. The highest BCUT2D eigenvalue weighted by molar-refractivity contribution is 7.89. The third-order valence-electron chi connectivity index (χ3n) is 5.41. The Morgan fingerprint density at radius 2 is 1.82 bits per heavy atom. The van der Waals surface area contributed by atoms with Gasteiger partial charge in [0.15, 0.2) is 0 Å². The Morgan fingerprint density at radius 1 is 1.03 bits per heavy atom. The van der Waals surface area contributed by atoms with Crippen molar-refractivity contribution >= 4 is 15.9 Å². The number of piperazine rings is 1. The Hall–Kier alpha value is -3.74. The van der Waals surface area contributed by atoms with Crippen molar-refractivity contribution in [2.45, 2.75) is 11.5 Å². The molecule has 33 heavy (non-hydrogen) atoms. The molecular weight excluding hydrogens is 440 g/mol. The number of carbonyl (C=O) groups is 1. The highest BCUT2D eigenvalue weighted by Gasteiger charge is 2.30. The summed E-state index contributed by atoms with van der Waals surface area (Å²) < 4.78 is 32.7. The number of nitrogens with zero attached hydrogens (tertiary/aromatic N) is 4. The second-order valence-corrected chi connectivity index (χ2v) is 9.41. The second kappa shape index (κ2) is 9.81. The summed E-state index contributed by atoms with van der Waals surface area (Å²) in [4.78, 5) is 18.7. The maximum Gasteiger partial charge on any atom is 0.254 e. The molecule has 0 saturated carbocycles. The maximum atomic E-state index is 13.0. The minimum Gasteiger partial charge on any atom is -0.489 e. The van der Waals surface area contributed by atoms with Gasteiger partial charge in [0, 0.05) is 49.7 Å². The van der Waals surface area contributed by atoms with E-state index in [0.717, 1.165) is 5.56 Å². The van der Waals surface area contributed by atoms with Gasteiger partial charge < -0.3 is 9.64 Å². The van der Waals surface area contributed by atoms with Crippen LogP contribution in [0.5, 0.6) is 5.75 Å². The molecule has 1 aliphatic heterocycles. The quantitative estimate of drug-likeness (QED) is 0.558. The lowest BCUT2D eigenvalue weighted by atomic mass is 10.1. The first-order valence-corrected chi connectivity index (χ1v) is 11.8. The smallest absolute Gasteiger partial charge is 0.254 e.